The number of hydrogen-bond acceptors (Lipinski definition) is 3. The molecule has 0 N–H and O–H groups in total. The van der Waals surface area contributed by atoms with E-state index in [1.807, 2.05) is 0 Å². The van der Waals surface area contributed by atoms with Crippen LogP contribution < -0.4 is 0 Å². The highest BCUT2D eigenvalue weighted by molar-refractivity contribution is 6.00. The van der Waals surface area contributed by atoms with E-state index < -0.39 is 5.92 Å². The lowest BCUT2D eigenvalue weighted by atomic mass is 9.48. The van der Waals surface area contributed by atoms with Crippen LogP contribution in [0, 0.1) is 22.7 Å². The summed E-state index contributed by atoms with van der Waals surface area (Å²) in [5.74, 6) is -0.293. The largest absolute Gasteiger partial charge is 0.465 e. The monoisotopic (exact) mass is 266 g/mol. The molecule has 0 aromatic rings. The molecule has 0 aromatic heterocycles. The van der Waals surface area contributed by atoms with Crippen LogP contribution in [0.25, 0.3) is 0 Å². The van der Waals surface area contributed by atoms with Crippen molar-refractivity contribution in [1.82, 2.24) is 0 Å². The number of ketones is 1. The predicted octanol–water partition coefficient (Wildman–Crippen LogP) is 3.36. The zero-order valence-electron chi connectivity index (χ0n) is 12.6. The van der Waals surface area contributed by atoms with Crippen LogP contribution in [0.5, 0.6) is 0 Å². The molecule has 0 spiro atoms. The van der Waals surface area contributed by atoms with Gasteiger partial charge >= 0.3 is 5.97 Å². The average Bonchev–Trinajstić information content (AvgIpc) is 2.27. The summed E-state index contributed by atoms with van der Waals surface area (Å²) < 4.78 is 5.17. The lowest BCUT2D eigenvalue weighted by Gasteiger charge is -2.55. The Hall–Kier alpha value is -0.860. The SMILES string of the molecule is CCOC(=O)C1C(=O)CC[C@H]2C(C)(C)CCC[C@]12C. The van der Waals surface area contributed by atoms with Gasteiger partial charge in [0, 0.05) is 6.42 Å². The second kappa shape index (κ2) is 4.92. The summed E-state index contributed by atoms with van der Waals surface area (Å²) in [7, 11) is 0. The maximum Gasteiger partial charge on any atom is 0.317 e. The molecule has 3 heteroatoms. The Labute approximate surface area is 116 Å². The Balaban J connectivity index is 2.35. The second-order valence-electron chi connectivity index (χ2n) is 7.09. The van der Waals surface area contributed by atoms with E-state index in [-0.39, 0.29) is 22.6 Å². The third-order valence-electron chi connectivity index (χ3n) is 5.46. The highest BCUT2D eigenvalue weighted by Gasteiger charge is 2.57. The Morgan fingerprint density at radius 3 is 2.63 bits per heavy atom. The van der Waals surface area contributed by atoms with Crippen LogP contribution in [0.1, 0.15) is 59.8 Å². The first-order valence-electron chi connectivity index (χ1n) is 7.52. The van der Waals surface area contributed by atoms with Gasteiger partial charge in [-0.2, -0.15) is 0 Å². The van der Waals surface area contributed by atoms with E-state index in [1.165, 1.54) is 6.42 Å². The van der Waals surface area contributed by atoms with Crippen molar-refractivity contribution < 1.29 is 14.3 Å². The molecule has 3 nitrogen and oxygen atoms in total. The van der Waals surface area contributed by atoms with E-state index in [4.69, 9.17) is 4.74 Å². The number of Topliss-reactive ketones (excluding diaryl/α,β-unsaturated/α-hetero) is 1. The highest BCUT2D eigenvalue weighted by Crippen LogP contribution is 2.59. The first kappa shape index (κ1) is 14.5. The molecule has 2 fully saturated rings. The van der Waals surface area contributed by atoms with Crippen molar-refractivity contribution in [3.8, 4) is 0 Å². The van der Waals surface area contributed by atoms with Crippen LogP contribution in [-0.4, -0.2) is 18.4 Å². The molecule has 2 saturated carbocycles. The number of ether oxygens (including phenoxy) is 1. The van der Waals surface area contributed by atoms with Gasteiger partial charge in [-0.05, 0) is 42.9 Å². The minimum Gasteiger partial charge on any atom is -0.465 e. The van der Waals surface area contributed by atoms with Gasteiger partial charge in [-0.15, -0.1) is 0 Å². The first-order chi connectivity index (χ1) is 8.83. The minimum atomic E-state index is -0.536. The molecule has 108 valence electrons. The third-order valence-corrected chi connectivity index (χ3v) is 5.46. The van der Waals surface area contributed by atoms with Crippen LogP contribution in [-0.2, 0) is 14.3 Å². The van der Waals surface area contributed by atoms with Crippen molar-refractivity contribution in [2.75, 3.05) is 6.61 Å². The van der Waals surface area contributed by atoms with Crippen molar-refractivity contribution in [1.29, 1.82) is 0 Å². The second-order valence-corrected chi connectivity index (χ2v) is 7.09. The van der Waals surface area contributed by atoms with Crippen LogP contribution in [0.15, 0.2) is 0 Å². The van der Waals surface area contributed by atoms with E-state index in [2.05, 4.69) is 20.8 Å². The number of esters is 1. The molecule has 2 aliphatic rings. The Kier molecular flexibility index (Phi) is 3.76. The van der Waals surface area contributed by atoms with Gasteiger partial charge in [0.05, 0.1) is 6.61 Å². The summed E-state index contributed by atoms with van der Waals surface area (Å²) in [5, 5.41) is 0. The smallest absolute Gasteiger partial charge is 0.317 e. The molecule has 2 rings (SSSR count). The van der Waals surface area contributed by atoms with Gasteiger partial charge in [0.1, 0.15) is 11.7 Å². The van der Waals surface area contributed by atoms with Crippen LogP contribution >= 0.6 is 0 Å². The number of fused-ring (bicyclic) bond motifs is 1. The Morgan fingerprint density at radius 2 is 2.00 bits per heavy atom. The maximum atomic E-state index is 12.3. The van der Waals surface area contributed by atoms with Gasteiger partial charge in [0.2, 0.25) is 0 Å². The normalized spacial score (nSPS) is 37.6. The van der Waals surface area contributed by atoms with E-state index in [9.17, 15) is 9.59 Å². The van der Waals surface area contributed by atoms with Gasteiger partial charge in [-0.25, -0.2) is 0 Å². The molecule has 0 aliphatic heterocycles. The van der Waals surface area contributed by atoms with Gasteiger partial charge in [0.15, 0.2) is 0 Å². The molecule has 19 heavy (non-hydrogen) atoms. The summed E-state index contributed by atoms with van der Waals surface area (Å²) in [4.78, 5) is 24.5. The molecule has 0 amide bonds. The van der Waals surface area contributed by atoms with E-state index >= 15 is 0 Å². The Bertz CT molecular complexity index is 385. The Morgan fingerprint density at radius 1 is 1.32 bits per heavy atom. The van der Waals surface area contributed by atoms with Crippen molar-refractivity contribution in [3.05, 3.63) is 0 Å². The molecule has 1 unspecified atom stereocenters. The quantitative estimate of drug-likeness (QED) is 0.568. The minimum absolute atomic E-state index is 0.0925. The van der Waals surface area contributed by atoms with Crippen LogP contribution in [0.3, 0.4) is 0 Å². The summed E-state index contributed by atoms with van der Waals surface area (Å²) in [6.45, 7) is 8.86. The van der Waals surface area contributed by atoms with Gasteiger partial charge in [-0.3, -0.25) is 9.59 Å². The number of hydrogen-bond donors (Lipinski definition) is 0. The number of rotatable bonds is 2. The van der Waals surface area contributed by atoms with Crippen molar-refractivity contribution in [3.63, 3.8) is 0 Å². The van der Waals surface area contributed by atoms with Gasteiger partial charge in [-0.1, -0.05) is 27.2 Å². The molecule has 2 aliphatic carbocycles. The van der Waals surface area contributed by atoms with Crippen molar-refractivity contribution >= 4 is 11.8 Å². The molecule has 0 radical (unpaired) electrons. The molecule has 0 heterocycles. The fraction of sp³-hybridized carbons (Fsp3) is 0.875. The van der Waals surface area contributed by atoms with Crippen LogP contribution in [0.2, 0.25) is 0 Å². The molecule has 0 bridgehead atoms. The molecular weight excluding hydrogens is 240 g/mol. The number of carbonyl (C=O) groups is 2. The van der Waals surface area contributed by atoms with Crippen molar-refractivity contribution in [2.24, 2.45) is 22.7 Å². The lowest BCUT2D eigenvalue weighted by molar-refractivity contribution is -0.169. The standard InChI is InChI=1S/C16H26O3/c1-5-19-14(18)13-11(17)7-8-12-15(2,3)9-6-10-16(12,13)4/h12-13H,5-10H2,1-4H3/t12-,13?,16-/m0/s1. The topological polar surface area (TPSA) is 43.4 Å². The fourth-order valence-electron chi connectivity index (χ4n) is 4.66. The number of carbonyl (C=O) groups excluding carboxylic acids is 2. The zero-order valence-corrected chi connectivity index (χ0v) is 12.6. The molecule has 0 saturated heterocycles. The summed E-state index contributed by atoms with van der Waals surface area (Å²) in [6.07, 6.45) is 4.72. The predicted molar refractivity (Wildman–Crippen MR) is 73.6 cm³/mol. The van der Waals surface area contributed by atoms with Crippen molar-refractivity contribution in [2.45, 2.75) is 59.8 Å². The third kappa shape index (κ3) is 2.32. The van der Waals surface area contributed by atoms with E-state index in [1.54, 1.807) is 6.92 Å². The first-order valence-corrected chi connectivity index (χ1v) is 7.52. The molecular formula is C16H26O3. The summed E-state index contributed by atoms with van der Waals surface area (Å²) >= 11 is 0. The summed E-state index contributed by atoms with van der Waals surface area (Å²) in [5.41, 5.74) is 0.0157. The molecule has 0 aromatic carbocycles. The van der Waals surface area contributed by atoms with E-state index in [0.717, 1.165) is 19.3 Å². The van der Waals surface area contributed by atoms with Crippen LogP contribution in [0.4, 0.5) is 0 Å². The lowest BCUT2D eigenvalue weighted by Crippen LogP contribution is -2.54. The van der Waals surface area contributed by atoms with Gasteiger partial charge < -0.3 is 4.74 Å². The summed E-state index contributed by atoms with van der Waals surface area (Å²) in [6, 6.07) is 0. The van der Waals surface area contributed by atoms with E-state index in [0.29, 0.717) is 18.9 Å². The maximum absolute atomic E-state index is 12.3. The zero-order chi connectivity index (χ0) is 14.3. The van der Waals surface area contributed by atoms with Gasteiger partial charge in [0.25, 0.3) is 0 Å². The highest BCUT2D eigenvalue weighted by atomic mass is 16.5. The average molecular weight is 266 g/mol. The molecule has 3 atom stereocenters. The fourth-order valence-corrected chi connectivity index (χ4v) is 4.66.